The lowest BCUT2D eigenvalue weighted by atomic mass is 10.1. The molecule has 1 aromatic heterocycles. The van der Waals surface area contributed by atoms with Crippen LogP contribution in [0, 0.1) is 5.92 Å². The quantitative estimate of drug-likeness (QED) is 0.851. The summed E-state index contributed by atoms with van der Waals surface area (Å²) in [6.45, 7) is 5.01. The van der Waals surface area contributed by atoms with E-state index in [9.17, 15) is 4.79 Å². The number of aromatic nitrogens is 2. The van der Waals surface area contributed by atoms with E-state index in [1.807, 2.05) is 4.90 Å². The maximum atomic E-state index is 12.6. The number of carbonyl (C=O) groups is 1. The molecular formula is C14H20ClN3O. The molecule has 1 aromatic rings. The second-order valence-corrected chi connectivity index (χ2v) is 5.90. The molecule has 1 heterocycles. The van der Waals surface area contributed by atoms with Gasteiger partial charge in [-0.2, -0.15) is 0 Å². The highest BCUT2D eigenvalue weighted by molar-refractivity contribution is 6.29. The van der Waals surface area contributed by atoms with Crippen LogP contribution in [0.1, 0.15) is 50.0 Å². The molecule has 0 spiro atoms. The minimum absolute atomic E-state index is 0.0457. The van der Waals surface area contributed by atoms with Gasteiger partial charge in [-0.05, 0) is 18.8 Å². The van der Waals surface area contributed by atoms with Gasteiger partial charge in [0.1, 0.15) is 10.8 Å². The van der Waals surface area contributed by atoms with Crippen molar-refractivity contribution in [3.8, 4) is 0 Å². The molecule has 2 rings (SSSR count). The molecule has 1 aliphatic rings. The first kappa shape index (κ1) is 14.3. The Morgan fingerprint density at radius 3 is 2.68 bits per heavy atom. The van der Waals surface area contributed by atoms with Gasteiger partial charge in [-0.15, -0.1) is 0 Å². The standard InChI is InChI=1S/C14H20ClN3O/c1-10(2)9-18(11-5-3-4-6-11)14(19)12-7-16-8-13(15)17-12/h7-8,10-11H,3-6,9H2,1-2H3. The van der Waals surface area contributed by atoms with Crippen LogP contribution >= 0.6 is 11.6 Å². The van der Waals surface area contributed by atoms with E-state index in [1.165, 1.54) is 25.2 Å². The van der Waals surface area contributed by atoms with Crippen LogP contribution in [0.15, 0.2) is 12.4 Å². The minimum Gasteiger partial charge on any atom is -0.334 e. The van der Waals surface area contributed by atoms with Crippen LogP contribution in [-0.2, 0) is 0 Å². The molecule has 0 unspecified atom stereocenters. The lowest BCUT2D eigenvalue weighted by Gasteiger charge is -2.30. The van der Waals surface area contributed by atoms with Gasteiger partial charge in [0, 0.05) is 12.6 Å². The highest BCUT2D eigenvalue weighted by atomic mass is 35.5. The molecule has 0 bridgehead atoms. The molecule has 0 radical (unpaired) electrons. The van der Waals surface area contributed by atoms with Gasteiger partial charge in [0.2, 0.25) is 0 Å². The minimum atomic E-state index is -0.0457. The van der Waals surface area contributed by atoms with Crippen LogP contribution in [-0.4, -0.2) is 33.4 Å². The van der Waals surface area contributed by atoms with Crippen molar-refractivity contribution in [2.75, 3.05) is 6.54 Å². The zero-order valence-corrected chi connectivity index (χ0v) is 12.2. The summed E-state index contributed by atoms with van der Waals surface area (Å²) in [5.74, 6) is 0.396. The normalized spacial score (nSPS) is 16.0. The van der Waals surface area contributed by atoms with E-state index in [0.717, 1.165) is 19.4 Å². The van der Waals surface area contributed by atoms with Crippen LogP contribution in [0.3, 0.4) is 0 Å². The van der Waals surface area contributed by atoms with Crippen LogP contribution < -0.4 is 0 Å². The van der Waals surface area contributed by atoms with Gasteiger partial charge < -0.3 is 4.90 Å². The first-order chi connectivity index (χ1) is 9.08. The average molecular weight is 282 g/mol. The lowest BCUT2D eigenvalue weighted by Crippen LogP contribution is -2.41. The molecular weight excluding hydrogens is 262 g/mol. The summed E-state index contributed by atoms with van der Waals surface area (Å²) in [6.07, 6.45) is 7.53. The van der Waals surface area contributed by atoms with E-state index in [-0.39, 0.29) is 11.1 Å². The fraction of sp³-hybridized carbons (Fsp3) is 0.643. The molecule has 0 aromatic carbocycles. The van der Waals surface area contributed by atoms with E-state index < -0.39 is 0 Å². The summed E-state index contributed by atoms with van der Waals surface area (Å²) < 4.78 is 0. The molecule has 1 fully saturated rings. The Kier molecular flexibility index (Phi) is 4.75. The number of rotatable bonds is 4. The van der Waals surface area contributed by atoms with Crippen LogP contribution in [0.25, 0.3) is 0 Å². The van der Waals surface area contributed by atoms with Crippen LogP contribution in [0.2, 0.25) is 5.15 Å². The third-order valence-corrected chi connectivity index (χ3v) is 3.59. The predicted octanol–water partition coefficient (Wildman–Crippen LogP) is 3.17. The smallest absolute Gasteiger partial charge is 0.274 e. The number of amides is 1. The molecule has 1 saturated carbocycles. The summed E-state index contributed by atoms with van der Waals surface area (Å²) >= 11 is 5.81. The summed E-state index contributed by atoms with van der Waals surface area (Å²) in [7, 11) is 0. The Morgan fingerprint density at radius 1 is 1.42 bits per heavy atom. The van der Waals surface area contributed by atoms with E-state index in [4.69, 9.17) is 11.6 Å². The van der Waals surface area contributed by atoms with Gasteiger partial charge in [0.25, 0.3) is 5.91 Å². The van der Waals surface area contributed by atoms with Crippen LogP contribution in [0.5, 0.6) is 0 Å². The third-order valence-electron chi connectivity index (χ3n) is 3.41. The van der Waals surface area contributed by atoms with E-state index in [2.05, 4.69) is 23.8 Å². The van der Waals surface area contributed by atoms with Crippen molar-refractivity contribution in [3.05, 3.63) is 23.2 Å². The highest BCUT2D eigenvalue weighted by Crippen LogP contribution is 2.25. The number of hydrogen-bond acceptors (Lipinski definition) is 3. The molecule has 0 saturated heterocycles. The first-order valence-corrected chi connectivity index (χ1v) is 7.24. The topological polar surface area (TPSA) is 46.1 Å². The zero-order valence-electron chi connectivity index (χ0n) is 11.5. The van der Waals surface area contributed by atoms with Gasteiger partial charge in [0.15, 0.2) is 0 Å². The first-order valence-electron chi connectivity index (χ1n) is 6.86. The second-order valence-electron chi connectivity index (χ2n) is 5.52. The Morgan fingerprint density at radius 2 is 2.11 bits per heavy atom. The van der Waals surface area contributed by atoms with Crippen molar-refractivity contribution in [3.63, 3.8) is 0 Å². The molecule has 1 aliphatic carbocycles. The Balaban J connectivity index is 2.19. The van der Waals surface area contributed by atoms with Gasteiger partial charge in [-0.25, -0.2) is 4.98 Å². The molecule has 0 aliphatic heterocycles. The van der Waals surface area contributed by atoms with Gasteiger partial charge in [-0.3, -0.25) is 9.78 Å². The van der Waals surface area contributed by atoms with Gasteiger partial charge in [-0.1, -0.05) is 38.3 Å². The third kappa shape index (κ3) is 3.66. The maximum absolute atomic E-state index is 12.6. The summed E-state index contributed by atoms with van der Waals surface area (Å²) in [5, 5.41) is 0.266. The number of carbonyl (C=O) groups excluding carboxylic acids is 1. The molecule has 1 amide bonds. The monoisotopic (exact) mass is 281 g/mol. The van der Waals surface area contributed by atoms with Crippen molar-refractivity contribution in [2.24, 2.45) is 5.92 Å². The number of nitrogens with zero attached hydrogens (tertiary/aromatic N) is 3. The zero-order chi connectivity index (χ0) is 13.8. The summed E-state index contributed by atoms with van der Waals surface area (Å²) in [6, 6.07) is 0.343. The molecule has 19 heavy (non-hydrogen) atoms. The summed E-state index contributed by atoms with van der Waals surface area (Å²) in [5.41, 5.74) is 0.347. The second kappa shape index (κ2) is 6.33. The molecule has 4 nitrogen and oxygen atoms in total. The Hall–Kier alpha value is -1.16. The highest BCUT2D eigenvalue weighted by Gasteiger charge is 2.28. The molecule has 0 atom stereocenters. The Bertz CT molecular complexity index is 444. The largest absolute Gasteiger partial charge is 0.334 e. The van der Waals surface area contributed by atoms with Crippen molar-refractivity contribution in [1.29, 1.82) is 0 Å². The van der Waals surface area contributed by atoms with Crippen molar-refractivity contribution < 1.29 is 4.79 Å². The van der Waals surface area contributed by atoms with Crippen molar-refractivity contribution in [2.45, 2.75) is 45.6 Å². The van der Waals surface area contributed by atoms with Crippen LogP contribution in [0.4, 0.5) is 0 Å². The molecule has 0 N–H and O–H groups in total. The number of hydrogen-bond donors (Lipinski definition) is 0. The predicted molar refractivity (Wildman–Crippen MR) is 75.2 cm³/mol. The fourth-order valence-corrected chi connectivity index (χ4v) is 2.75. The van der Waals surface area contributed by atoms with Crippen molar-refractivity contribution in [1.82, 2.24) is 14.9 Å². The lowest BCUT2D eigenvalue weighted by molar-refractivity contribution is 0.0649. The average Bonchev–Trinajstić information content (AvgIpc) is 2.88. The molecule has 104 valence electrons. The van der Waals surface area contributed by atoms with Gasteiger partial charge >= 0.3 is 0 Å². The Labute approximate surface area is 119 Å². The fourth-order valence-electron chi connectivity index (χ4n) is 2.60. The van der Waals surface area contributed by atoms with E-state index in [0.29, 0.717) is 17.7 Å². The van der Waals surface area contributed by atoms with Gasteiger partial charge in [0.05, 0.1) is 12.4 Å². The van der Waals surface area contributed by atoms with E-state index in [1.54, 1.807) is 0 Å². The van der Waals surface area contributed by atoms with E-state index >= 15 is 0 Å². The maximum Gasteiger partial charge on any atom is 0.274 e. The van der Waals surface area contributed by atoms with Crippen molar-refractivity contribution >= 4 is 17.5 Å². The number of halogens is 1. The summed E-state index contributed by atoms with van der Waals surface area (Å²) in [4.78, 5) is 22.6. The molecule has 5 heteroatoms. The SMILES string of the molecule is CC(C)CN(C(=O)c1cncc(Cl)n1)C1CCCC1.